The normalized spacial score (nSPS) is 15.5. The van der Waals surface area contributed by atoms with E-state index in [1.165, 1.54) is 24.0 Å². The Hall–Kier alpha value is -2.46. The maximum atomic E-state index is 12.0. The van der Waals surface area contributed by atoms with Gasteiger partial charge in [0.25, 0.3) is 5.91 Å². The zero-order chi connectivity index (χ0) is 16.9. The lowest BCUT2D eigenvalue weighted by molar-refractivity contribution is -0.129. The van der Waals surface area contributed by atoms with E-state index in [1.807, 2.05) is 19.1 Å². The average Bonchev–Trinajstić information content (AvgIpc) is 2.65. The predicted octanol–water partition coefficient (Wildman–Crippen LogP) is 3.14. The number of benzene rings is 2. The summed E-state index contributed by atoms with van der Waals surface area (Å²) < 4.78 is 0. The zero-order valence-corrected chi connectivity index (χ0v) is 13.8. The topological polar surface area (TPSA) is 61.7 Å². The molecule has 0 saturated heterocycles. The number of fused-ring (bicyclic) bond motifs is 1. The number of nitrogens with zero attached hydrogens (tertiary/aromatic N) is 1. The van der Waals surface area contributed by atoms with Gasteiger partial charge in [-0.2, -0.15) is 5.10 Å². The van der Waals surface area contributed by atoms with Gasteiger partial charge >= 0.3 is 0 Å². The molecule has 3 rings (SSSR count). The monoisotopic (exact) mass is 322 g/mol. The van der Waals surface area contributed by atoms with E-state index < -0.39 is 12.0 Å². The Balaban J connectivity index is 1.69. The molecule has 1 aliphatic rings. The molecule has 4 heteroatoms. The summed E-state index contributed by atoms with van der Waals surface area (Å²) in [5.74, 6) is -0.529. The van der Waals surface area contributed by atoms with Crippen LogP contribution in [0.5, 0.6) is 0 Å². The lowest BCUT2D eigenvalue weighted by Crippen LogP contribution is -2.26. The van der Waals surface area contributed by atoms with E-state index in [0.717, 1.165) is 24.1 Å². The molecule has 0 heterocycles. The van der Waals surface area contributed by atoms with Crippen molar-refractivity contribution < 1.29 is 9.90 Å². The molecule has 0 bridgehead atoms. The number of hydrazone groups is 1. The summed E-state index contributed by atoms with van der Waals surface area (Å²) in [5, 5.41) is 14.2. The zero-order valence-electron chi connectivity index (χ0n) is 13.8. The van der Waals surface area contributed by atoms with Crippen LogP contribution in [-0.2, 0) is 17.6 Å². The van der Waals surface area contributed by atoms with Crippen molar-refractivity contribution in [2.45, 2.75) is 38.7 Å². The van der Waals surface area contributed by atoms with Crippen molar-refractivity contribution in [3.8, 4) is 0 Å². The minimum atomic E-state index is -1.22. The fourth-order valence-corrected chi connectivity index (χ4v) is 3.01. The first-order chi connectivity index (χ1) is 11.6. The van der Waals surface area contributed by atoms with Crippen LogP contribution in [0.2, 0.25) is 0 Å². The van der Waals surface area contributed by atoms with Gasteiger partial charge in [-0.1, -0.05) is 42.5 Å². The molecule has 1 unspecified atom stereocenters. The Morgan fingerprint density at radius 3 is 2.54 bits per heavy atom. The molecule has 1 aliphatic carbocycles. The molecule has 2 aromatic rings. The summed E-state index contributed by atoms with van der Waals surface area (Å²) >= 11 is 0. The number of hydrogen-bond acceptors (Lipinski definition) is 3. The molecule has 0 aromatic heterocycles. The first-order valence-corrected chi connectivity index (χ1v) is 8.34. The number of amides is 1. The molecule has 1 amide bonds. The van der Waals surface area contributed by atoms with Crippen LogP contribution in [0.4, 0.5) is 0 Å². The summed E-state index contributed by atoms with van der Waals surface area (Å²) in [6, 6.07) is 15.2. The van der Waals surface area contributed by atoms with Gasteiger partial charge < -0.3 is 5.11 Å². The van der Waals surface area contributed by atoms with Crippen LogP contribution in [0, 0.1) is 0 Å². The molecule has 0 saturated carbocycles. The highest BCUT2D eigenvalue weighted by atomic mass is 16.3. The summed E-state index contributed by atoms with van der Waals surface area (Å²) in [4.78, 5) is 12.0. The SMILES string of the molecule is C/C(=N\NC(=O)C(O)c1ccccc1)c1ccc2c(c1)CCCC2. The van der Waals surface area contributed by atoms with Crippen LogP contribution in [0.25, 0.3) is 0 Å². The second kappa shape index (κ2) is 7.41. The van der Waals surface area contributed by atoms with Crippen LogP contribution >= 0.6 is 0 Å². The van der Waals surface area contributed by atoms with E-state index in [-0.39, 0.29) is 0 Å². The number of carbonyl (C=O) groups excluding carboxylic acids is 1. The third kappa shape index (κ3) is 3.71. The van der Waals surface area contributed by atoms with Gasteiger partial charge in [0.2, 0.25) is 0 Å². The van der Waals surface area contributed by atoms with Crippen molar-refractivity contribution in [1.82, 2.24) is 5.43 Å². The van der Waals surface area contributed by atoms with E-state index in [9.17, 15) is 9.90 Å². The van der Waals surface area contributed by atoms with Gasteiger partial charge in [0.1, 0.15) is 0 Å². The van der Waals surface area contributed by atoms with E-state index >= 15 is 0 Å². The number of hydrogen-bond donors (Lipinski definition) is 2. The largest absolute Gasteiger partial charge is 0.378 e. The summed E-state index contributed by atoms with van der Waals surface area (Å²) in [6.07, 6.45) is 3.52. The van der Waals surface area contributed by atoms with Gasteiger partial charge in [-0.25, -0.2) is 5.43 Å². The number of aliphatic hydroxyl groups excluding tert-OH is 1. The molecule has 2 aromatic carbocycles. The molecule has 0 spiro atoms. The molecule has 4 nitrogen and oxygen atoms in total. The van der Waals surface area contributed by atoms with Crippen molar-refractivity contribution in [2.75, 3.05) is 0 Å². The highest BCUT2D eigenvalue weighted by Crippen LogP contribution is 2.22. The van der Waals surface area contributed by atoms with Gasteiger partial charge in [0, 0.05) is 0 Å². The average molecular weight is 322 g/mol. The van der Waals surface area contributed by atoms with E-state index in [0.29, 0.717) is 5.56 Å². The highest BCUT2D eigenvalue weighted by Gasteiger charge is 2.16. The third-order valence-corrected chi connectivity index (χ3v) is 4.46. The van der Waals surface area contributed by atoms with Gasteiger partial charge in [0.05, 0.1) is 5.71 Å². The molecule has 2 N–H and O–H groups in total. The van der Waals surface area contributed by atoms with Crippen molar-refractivity contribution in [3.05, 3.63) is 70.8 Å². The fourth-order valence-electron chi connectivity index (χ4n) is 3.01. The number of nitrogens with one attached hydrogen (secondary N) is 1. The van der Waals surface area contributed by atoms with E-state index in [1.54, 1.807) is 24.3 Å². The van der Waals surface area contributed by atoms with Gasteiger partial charge in [-0.3, -0.25) is 4.79 Å². The molecule has 1 atom stereocenters. The number of carbonyl (C=O) groups is 1. The second-order valence-electron chi connectivity index (χ2n) is 6.18. The van der Waals surface area contributed by atoms with Gasteiger partial charge in [-0.05, 0) is 60.9 Å². The Bertz CT molecular complexity index is 753. The minimum absolute atomic E-state index is 0.529. The Morgan fingerprint density at radius 2 is 1.79 bits per heavy atom. The smallest absolute Gasteiger partial charge is 0.273 e. The van der Waals surface area contributed by atoms with Crippen molar-refractivity contribution >= 4 is 11.6 Å². The quantitative estimate of drug-likeness (QED) is 0.671. The molecule has 0 radical (unpaired) electrons. The van der Waals surface area contributed by atoms with Crippen molar-refractivity contribution in [3.63, 3.8) is 0 Å². The van der Waals surface area contributed by atoms with Crippen LogP contribution in [0.1, 0.15) is 48.1 Å². The van der Waals surface area contributed by atoms with E-state index in [2.05, 4.69) is 22.7 Å². The third-order valence-electron chi connectivity index (χ3n) is 4.46. The molecular formula is C20H22N2O2. The van der Waals surface area contributed by atoms with Gasteiger partial charge in [0.15, 0.2) is 6.10 Å². The second-order valence-corrected chi connectivity index (χ2v) is 6.18. The fraction of sp³-hybridized carbons (Fsp3) is 0.300. The molecule has 124 valence electrons. The lowest BCUT2D eigenvalue weighted by Gasteiger charge is -2.16. The Morgan fingerprint density at radius 1 is 1.08 bits per heavy atom. The van der Waals surface area contributed by atoms with Crippen LogP contribution in [0.3, 0.4) is 0 Å². The lowest BCUT2D eigenvalue weighted by atomic mass is 9.90. The van der Waals surface area contributed by atoms with E-state index in [4.69, 9.17) is 0 Å². The molecular weight excluding hydrogens is 300 g/mol. The molecule has 0 fully saturated rings. The standard InChI is InChI=1S/C20H22N2O2/c1-14(17-12-11-15-7-5-6-10-18(15)13-17)21-22-20(24)19(23)16-8-3-2-4-9-16/h2-4,8-9,11-13,19,23H,5-7,10H2,1H3,(H,22,24)/b21-14+. The van der Waals surface area contributed by atoms with Crippen molar-refractivity contribution in [2.24, 2.45) is 5.10 Å². The first kappa shape index (κ1) is 16.4. The summed E-state index contributed by atoms with van der Waals surface area (Å²) in [5.41, 5.74) is 7.55. The molecule has 0 aliphatic heterocycles. The molecule has 24 heavy (non-hydrogen) atoms. The highest BCUT2D eigenvalue weighted by molar-refractivity contribution is 5.99. The Kier molecular flexibility index (Phi) is 5.06. The van der Waals surface area contributed by atoms with Crippen LogP contribution in [0.15, 0.2) is 53.6 Å². The van der Waals surface area contributed by atoms with Crippen LogP contribution < -0.4 is 5.43 Å². The number of aliphatic hydroxyl groups is 1. The maximum absolute atomic E-state index is 12.0. The number of rotatable bonds is 4. The number of aryl methyl sites for hydroxylation is 2. The Labute approximate surface area is 142 Å². The summed E-state index contributed by atoms with van der Waals surface area (Å²) in [7, 11) is 0. The van der Waals surface area contributed by atoms with Crippen molar-refractivity contribution in [1.29, 1.82) is 0 Å². The van der Waals surface area contributed by atoms with Crippen LogP contribution in [-0.4, -0.2) is 16.7 Å². The summed E-state index contributed by atoms with van der Waals surface area (Å²) in [6.45, 7) is 1.86. The van der Waals surface area contributed by atoms with Gasteiger partial charge in [-0.15, -0.1) is 0 Å². The minimum Gasteiger partial charge on any atom is -0.378 e. The first-order valence-electron chi connectivity index (χ1n) is 8.34. The maximum Gasteiger partial charge on any atom is 0.273 e. The predicted molar refractivity (Wildman–Crippen MR) is 94.8 cm³/mol.